The van der Waals surface area contributed by atoms with Crippen LogP contribution in [0.15, 0.2) is 48.5 Å². The van der Waals surface area contributed by atoms with E-state index in [2.05, 4.69) is 4.68 Å². The van der Waals surface area contributed by atoms with Crippen molar-refractivity contribution in [2.24, 2.45) is 11.8 Å². The molecule has 1 N–H and O–H groups in total. The van der Waals surface area contributed by atoms with Gasteiger partial charge in [-0.15, -0.1) is 0 Å². The number of hydrogen-bond acceptors (Lipinski definition) is 4. The van der Waals surface area contributed by atoms with E-state index >= 15 is 4.39 Å². The monoisotopic (exact) mass is 480 g/mol. The number of methoxy groups -OCH3 is 1. The lowest BCUT2D eigenvalue weighted by Gasteiger charge is -2.28. The SMILES string of the molecule is CCc1nn(C[C@H]2CC[C@H](COCC(=O)O)CC2)c(-c2ccccc2)c1-c1cccc(OC)c1F. The molecule has 1 saturated carbocycles. The lowest BCUT2D eigenvalue weighted by Crippen LogP contribution is -2.23. The van der Waals surface area contributed by atoms with Gasteiger partial charge in [-0.1, -0.05) is 49.4 Å². The van der Waals surface area contributed by atoms with Gasteiger partial charge in [0, 0.05) is 23.2 Å². The number of aliphatic carboxylic acids is 1. The molecule has 0 saturated heterocycles. The number of ether oxygens (including phenoxy) is 2. The Morgan fingerprint density at radius 3 is 2.46 bits per heavy atom. The fourth-order valence-electron chi connectivity index (χ4n) is 5.06. The lowest BCUT2D eigenvalue weighted by atomic mass is 9.82. The number of nitrogens with zero attached hydrogens (tertiary/aromatic N) is 2. The second kappa shape index (κ2) is 11.5. The van der Waals surface area contributed by atoms with Gasteiger partial charge in [0.1, 0.15) is 6.61 Å². The van der Waals surface area contributed by atoms with Crippen LogP contribution in [0, 0.1) is 17.7 Å². The molecule has 3 aromatic rings. The van der Waals surface area contributed by atoms with Gasteiger partial charge in [-0.05, 0) is 50.0 Å². The summed E-state index contributed by atoms with van der Waals surface area (Å²) in [7, 11) is 1.48. The molecule has 0 unspecified atom stereocenters. The van der Waals surface area contributed by atoms with Gasteiger partial charge in [0.15, 0.2) is 11.6 Å². The van der Waals surface area contributed by atoms with Gasteiger partial charge in [-0.2, -0.15) is 5.10 Å². The maximum absolute atomic E-state index is 15.4. The molecule has 1 aromatic heterocycles. The average molecular weight is 481 g/mol. The molecule has 6 nitrogen and oxygen atoms in total. The molecule has 186 valence electrons. The highest BCUT2D eigenvalue weighted by atomic mass is 19.1. The third kappa shape index (κ3) is 5.73. The summed E-state index contributed by atoms with van der Waals surface area (Å²) in [5, 5.41) is 13.8. The molecule has 1 aliphatic rings. The Morgan fingerprint density at radius 2 is 1.80 bits per heavy atom. The molecule has 1 aliphatic carbocycles. The zero-order valence-electron chi connectivity index (χ0n) is 20.4. The molecule has 0 atom stereocenters. The molecule has 0 bridgehead atoms. The zero-order chi connectivity index (χ0) is 24.8. The number of halogens is 1. The predicted octanol–water partition coefficient (Wildman–Crippen LogP) is 5.83. The summed E-state index contributed by atoms with van der Waals surface area (Å²) in [5.41, 5.74) is 4.14. The van der Waals surface area contributed by atoms with Crippen LogP contribution in [-0.4, -0.2) is 41.2 Å². The third-order valence-corrected chi connectivity index (χ3v) is 6.84. The quantitative estimate of drug-likeness (QED) is 0.395. The summed E-state index contributed by atoms with van der Waals surface area (Å²) < 4.78 is 28.1. The summed E-state index contributed by atoms with van der Waals surface area (Å²) in [6.45, 7) is 3.06. The van der Waals surface area contributed by atoms with Crippen molar-refractivity contribution in [1.29, 1.82) is 0 Å². The number of aromatic nitrogens is 2. The molecule has 1 heterocycles. The first kappa shape index (κ1) is 24.9. The fourth-order valence-corrected chi connectivity index (χ4v) is 5.06. The van der Waals surface area contributed by atoms with Gasteiger partial charge in [0.2, 0.25) is 0 Å². The molecule has 0 radical (unpaired) electrons. The number of aryl methyl sites for hydroxylation is 1. The lowest BCUT2D eigenvalue weighted by molar-refractivity contribution is -0.142. The van der Waals surface area contributed by atoms with E-state index in [0.717, 1.165) is 54.7 Å². The van der Waals surface area contributed by atoms with Crippen LogP contribution in [0.2, 0.25) is 0 Å². The van der Waals surface area contributed by atoms with Crippen molar-refractivity contribution in [1.82, 2.24) is 9.78 Å². The van der Waals surface area contributed by atoms with Crippen LogP contribution in [0.25, 0.3) is 22.4 Å². The Labute approximate surface area is 205 Å². The highest BCUT2D eigenvalue weighted by Crippen LogP contribution is 2.40. The normalized spacial score (nSPS) is 17.9. The molecule has 1 fully saturated rings. The number of rotatable bonds is 10. The minimum atomic E-state index is -0.930. The molecule has 0 aliphatic heterocycles. The predicted molar refractivity (Wildman–Crippen MR) is 133 cm³/mol. The van der Waals surface area contributed by atoms with Crippen molar-refractivity contribution in [2.45, 2.75) is 45.6 Å². The van der Waals surface area contributed by atoms with Crippen molar-refractivity contribution in [3.63, 3.8) is 0 Å². The Hall–Kier alpha value is -3.19. The number of benzene rings is 2. The smallest absolute Gasteiger partial charge is 0.329 e. The van der Waals surface area contributed by atoms with Crippen LogP contribution in [0.3, 0.4) is 0 Å². The second-order valence-electron chi connectivity index (χ2n) is 9.19. The van der Waals surface area contributed by atoms with Crippen LogP contribution in [0.5, 0.6) is 5.75 Å². The van der Waals surface area contributed by atoms with E-state index < -0.39 is 5.97 Å². The number of carboxylic acid groups (broad SMARTS) is 1. The minimum Gasteiger partial charge on any atom is -0.494 e. The Balaban J connectivity index is 1.63. The van der Waals surface area contributed by atoms with Crippen molar-refractivity contribution < 1.29 is 23.8 Å². The van der Waals surface area contributed by atoms with E-state index in [0.29, 0.717) is 30.4 Å². The topological polar surface area (TPSA) is 73.6 Å². The van der Waals surface area contributed by atoms with Crippen molar-refractivity contribution >= 4 is 5.97 Å². The van der Waals surface area contributed by atoms with Gasteiger partial charge in [-0.3, -0.25) is 4.68 Å². The van der Waals surface area contributed by atoms with Crippen LogP contribution in [0.4, 0.5) is 4.39 Å². The Kier molecular flexibility index (Phi) is 8.18. The highest BCUT2D eigenvalue weighted by molar-refractivity contribution is 5.84. The van der Waals surface area contributed by atoms with Gasteiger partial charge in [0.05, 0.1) is 25.1 Å². The summed E-state index contributed by atoms with van der Waals surface area (Å²) in [6, 6.07) is 15.3. The Bertz CT molecular complexity index is 1140. The fraction of sp³-hybridized carbons (Fsp3) is 0.429. The van der Waals surface area contributed by atoms with E-state index in [9.17, 15) is 4.79 Å². The van der Waals surface area contributed by atoms with Crippen molar-refractivity contribution in [3.8, 4) is 28.1 Å². The van der Waals surface area contributed by atoms with Gasteiger partial charge in [-0.25, -0.2) is 9.18 Å². The number of carbonyl (C=O) groups is 1. The molecule has 7 heteroatoms. The molecular weight excluding hydrogens is 447 g/mol. The van der Waals surface area contributed by atoms with E-state index in [1.807, 2.05) is 43.3 Å². The van der Waals surface area contributed by atoms with Gasteiger partial charge in [0.25, 0.3) is 0 Å². The van der Waals surface area contributed by atoms with Crippen molar-refractivity contribution in [2.75, 3.05) is 20.3 Å². The molecular formula is C28H33FN2O4. The summed E-state index contributed by atoms with van der Waals surface area (Å²) in [6.07, 6.45) is 4.75. The number of carboxylic acids is 1. The molecule has 0 spiro atoms. The minimum absolute atomic E-state index is 0.222. The van der Waals surface area contributed by atoms with Crippen LogP contribution < -0.4 is 4.74 Å². The summed E-state index contributed by atoms with van der Waals surface area (Å²) in [4.78, 5) is 10.7. The van der Waals surface area contributed by atoms with E-state index in [1.165, 1.54) is 7.11 Å². The average Bonchev–Trinajstić information content (AvgIpc) is 3.23. The number of hydrogen-bond donors (Lipinski definition) is 1. The first-order valence-electron chi connectivity index (χ1n) is 12.3. The second-order valence-corrected chi connectivity index (χ2v) is 9.19. The van der Waals surface area contributed by atoms with E-state index in [-0.39, 0.29) is 18.2 Å². The Morgan fingerprint density at radius 1 is 1.09 bits per heavy atom. The third-order valence-electron chi connectivity index (χ3n) is 6.84. The molecule has 2 aromatic carbocycles. The van der Waals surface area contributed by atoms with Gasteiger partial charge < -0.3 is 14.6 Å². The van der Waals surface area contributed by atoms with Gasteiger partial charge >= 0.3 is 5.97 Å². The van der Waals surface area contributed by atoms with Crippen LogP contribution >= 0.6 is 0 Å². The first-order chi connectivity index (χ1) is 17.0. The maximum Gasteiger partial charge on any atom is 0.329 e. The molecule has 35 heavy (non-hydrogen) atoms. The molecule has 4 rings (SSSR count). The highest BCUT2D eigenvalue weighted by Gasteiger charge is 2.27. The van der Waals surface area contributed by atoms with Crippen molar-refractivity contribution in [3.05, 3.63) is 60.0 Å². The standard InChI is InChI=1S/C28H33FN2O4/c1-3-23-26(22-10-7-11-24(34-2)27(22)29)28(21-8-5-4-6-9-21)31(30-23)16-19-12-14-20(15-13-19)17-35-18-25(32)33/h4-11,19-20H,3,12-18H2,1-2H3,(H,32,33)/t19-,20-. The summed E-state index contributed by atoms with van der Waals surface area (Å²) in [5.74, 6) is -0.242. The van der Waals surface area contributed by atoms with E-state index in [4.69, 9.17) is 19.7 Å². The first-order valence-corrected chi connectivity index (χ1v) is 12.3. The van der Waals surface area contributed by atoms with Crippen LogP contribution in [-0.2, 0) is 22.5 Å². The van der Waals surface area contributed by atoms with E-state index in [1.54, 1.807) is 12.1 Å². The van der Waals surface area contributed by atoms with Crippen LogP contribution in [0.1, 0.15) is 38.3 Å². The zero-order valence-corrected chi connectivity index (χ0v) is 20.4. The largest absolute Gasteiger partial charge is 0.494 e. The summed E-state index contributed by atoms with van der Waals surface area (Å²) >= 11 is 0. The molecule has 0 amide bonds. The maximum atomic E-state index is 15.4.